The standard InChI is InChI=1S/C21H26N6O2/c1-21(9-8-17-6-3-2-4-7-17)18(28)27(20(29)24-21)16-25-12-14-26(15-13-25)19-22-10-5-11-23-19/h2-7,10-11H,8-9,12-16H2,1H3,(H,24,29)/p+1/t21-/m1/s1. The quantitative estimate of drug-likeness (QED) is 0.677. The lowest BCUT2D eigenvalue weighted by atomic mass is 9.93. The molecule has 4 rings (SSSR count). The zero-order valence-electron chi connectivity index (χ0n) is 16.7. The molecule has 29 heavy (non-hydrogen) atoms. The molecular weight excluding hydrogens is 368 g/mol. The zero-order valence-corrected chi connectivity index (χ0v) is 16.7. The molecule has 2 saturated heterocycles. The van der Waals surface area contributed by atoms with Gasteiger partial charge in [0.1, 0.15) is 5.54 Å². The predicted octanol–water partition coefficient (Wildman–Crippen LogP) is 0.0823. The van der Waals surface area contributed by atoms with Crippen molar-refractivity contribution in [2.45, 2.75) is 25.3 Å². The van der Waals surface area contributed by atoms with Crippen LogP contribution in [0.2, 0.25) is 0 Å². The predicted molar refractivity (Wildman–Crippen MR) is 108 cm³/mol. The highest BCUT2D eigenvalue weighted by Crippen LogP contribution is 2.22. The SMILES string of the molecule is C[C@]1(CCc2ccccc2)NC(=O)N(C[NH+]2CCN(c3ncccn3)CC2)C1=O. The van der Waals surface area contributed by atoms with Crippen LogP contribution < -0.4 is 15.1 Å². The number of imide groups is 1. The first-order valence-corrected chi connectivity index (χ1v) is 10.1. The van der Waals surface area contributed by atoms with Gasteiger partial charge < -0.3 is 15.1 Å². The third-order valence-corrected chi connectivity index (χ3v) is 5.79. The lowest BCUT2D eigenvalue weighted by Crippen LogP contribution is -3.16. The second kappa shape index (κ2) is 8.16. The van der Waals surface area contributed by atoms with Crippen molar-refractivity contribution in [1.29, 1.82) is 0 Å². The van der Waals surface area contributed by atoms with Gasteiger partial charge in [0.2, 0.25) is 5.95 Å². The van der Waals surface area contributed by atoms with Crippen LogP contribution in [0.4, 0.5) is 10.7 Å². The number of quaternary nitrogens is 1. The van der Waals surface area contributed by atoms with Gasteiger partial charge in [-0.05, 0) is 31.4 Å². The third kappa shape index (κ3) is 4.22. The van der Waals surface area contributed by atoms with E-state index >= 15 is 0 Å². The second-order valence-corrected chi connectivity index (χ2v) is 7.92. The van der Waals surface area contributed by atoms with Gasteiger partial charge in [-0.25, -0.2) is 19.7 Å². The summed E-state index contributed by atoms with van der Waals surface area (Å²) in [6.45, 7) is 5.49. The van der Waals surface area contributed by atoms with Crippen molar-refractivity contribution in [2.24, 2.45) is 0 Å². The van der Waals surface area contributed by atoms with E-state index in [0.29, 0.717) is 13.1 Å². The monoisotopic (exact) mass is 395 g/mol. The zero-order chi connectivity index (χ0) is 20.3. The topological polar surface area (TPSA) is 82.9 Å². The number of carbonyl (C=O) groups excluding carboxylic acids is 2. The van der Waals surface area contributed by atoms with Gasteiger partial charge >= 0.3 is 6.03 Å². The van der Waals surface area contributed by atoms with Crippen molar-refractivity contribution in [3.05, 3.63) is 54.4 Å². The van der Waals surface area contributed by atoms with E-state index in [2.05, 4.69) is 20.2 Å². The van der Waals surface area contributed by atoms with E-state index in [1.807, 2.05) is 37.3 Å². The molecule has 1 aromatic carbocycles. The molecule has 2 aromatic rings. The summed E-state index contributed by atoms with van der Waals surface area (Å²) in [7, 11) is 0. The fraction of sp³-hybridized carbons (Fsp3) is 0.429. The average Bonchev–Trinajstić information content (AvgIpc) is 2.97. The Labute approximate surface area is 170 Å². The molecule has 0 aliphatic carbocycles. The maximum absolute atomic E-state index is 13.0. The van der Waals surface area contributed by atoms with Gasteiger partial charge in [0.15, 0.2) is 6.67 Å². The molecule has 8 nitrogen and oxygen atoms in total. The Bertz CT molecular complexity index is 854. The van der Waals surface area contributed by atoms with Crippen LogP contribution in [0.5, 0.6) is 0 Å². The number of aromatic nitrogens is 2. The molecule has 8 heteroatoms. The summed E-state index contributed by atoms with van der Waals surface area (Å²) >= 11 is 0. The Kier molecular flexibility index (Phi) is 5.44. The average molecular weight is 395 g/mol. The molecule has 152 valence electrons. The van der Waals surface area contributed by atoms with E-state index in [0.717, 1.165) is 38.5 Å². The van der Waals surface area contributed by atoms with E-state index < -0.39 is 5.54 Å². The second-order valence-electron chi connectivity index (χ2n) is 7.92. The first-order chi connectivity index (χ1) is 14.0. The summed E-state index contributed by atoms with van der Waals surface area (Å²) in [6, 6.07) is 11.6. The van der Waals surface area contributed by atoms with Crippen LogP contribution in [0.1, 0.15) is 18.9 Å². The summed E-state index contributed by atoms with van der Waals surface area (Å²) in [5.41, 5.74) is 0.325. The van der Waals surface area contributed by atoms with E-state index in [1.54, 1.807) is 18.5 Å². The van der Waals surface area contributed by atoms with Crippen LogP contribution >= 0.6 is 0 Å². The third-order valence-electron chi connectivity index (χ3n) is 5.79. The first kappa shape index (κ1) is 19.3. The largest absolute Gasteiger partial charge is 0.330 e. The van der Waals surface area contributed by atoms with Gasteiger partial charge in [0.05, 0.1) is 26.2 Å². The smallest absolute Gasteiger partial charge is 0.329 e. The minimum atomic E-state index is -0.841. The molecule has 0 bridgehead atoms. The maximum atomic E-state index is 13.0. The number of urea groups is 1. The first-order valence-electron chi connectivity index (χ1n) is 10.1. The highest BCUT2D eigenvalue weighted by molar-refractivity contribution is 6.06. The molecular formula is C21H27N6O2+. The Morgan fingerprint density at radius 1 is 1.07 bits per heavy atom. The van der Waals surface area contributed by atoms with Crippen LogP contribution in [0.3, 0.4) is 0 Å². The van der Waals surface area contributed by atoms with E-state index in [9.17, 15) is 9.59 Å². The number of nitrogens with one attached hydrogen (secondary N) is 2. The lowest BCUT2D eigenvalue weighted by Gasteiger charge is -2.33. The van der Waals surface area contributed by atoms with Crippen LogP contribution in [-0.4, -0.2) is 65.2 Å². The van der Waals surface area contributed by atoms with E-state index in [1.165, 1.54) is 15.4 Å². The molecule has 0 saturated carbocycles. The minimum Gasteiger partial charge on any atom is -0.330 e. The van der Waals surface area contributed by atoms with Crippen LogP contribution in [0, 0.1) is 0 Å². The number of nitrogens with zero attached hydrogens (tertiary/aromatic N) is 4. The Hall–Kier alpha value is -3.00. The number of hydrogen-bond donors (Lipinski definition) is 2. The molecule has 2 aliphatic heterocycles. The Morgan fingerprint density at radius 2 is 1.76 bits per heavy atom. The van der Waals surface area contributed by atoms with Crippen molar-refractivity contribution < 1.29 is 14.5 Å². The molecule has 0 spiro atoms. The molecule has 3 amide bonds. The number of carbonyl (C=O) groups is 2. The summed E-state index contributed by atoms with van der Waals surface area (Å²) in [5, 5.41) is 2.92. The van der Waals surface area contributed by atoms with Crippen molar-refractivity contribution in [3.8, 4) is 0 Å². The van der Waals surface area contributed by atoms with Gasteiger partial charge in [-0.1, -0.05) is 30.3 Å². The van der Waals surface area contributed by atoms with Crippen LogP contribution in [0.25, 0.3) is 0 Å². The Morgan fingerprint density at radius 3 is 2.45 bits per heavy atom. The highest BCUT2D eigenvalue weighted by Gasteiger charge is 2.48. The van der Waals surface area contributed by atoms with Crippen molar-refractivity contribution in [2.75, 3.05) is 37.7 Å². The summed E-state index contributed by atoms with van der Waals surface area (Å²) in [4.78, 5) is 38.9. The number of piperazine rings is 1. The van der Waals surface area contributed by atoms with Crippen molar-refractivity contribution in [3.63, 3.8) is 0 Å². The molecule has 2 fully saturated rings. The van der Waals surface area contributed by atoms with Crippen LogP contribution in [-0.2, 0) is 11.2 Å². The maximum Gasteiger partial charge on any atom is 0.329 e. The normalized spacial score (nSPS) is 22.8. The molecule has 3 heterocycles. The minimum absolute atomic E-state index is 0.125. The highest BCUT2D eigenvalue weighted by atomic mass is 16.2. The summed E-state index contributed by atoms with van der Waals surface area (Å²) < 4.78 is 0. The Balaban J connectivity index is 1.32. The molecule has 2 aliphatic rings. The number of anilines is 1. The lowest BCUT2D eigenvalue weighted by molar-refractivity contribution is -0.907. The summed E-state index contributed by atoms with van der Waals surface area (Å²) in [5.74, 6) is 0.606. The molecule has 2 N–H and O–H groups in total. The van der Waals surface area contributed by atoms with Crippen LogP contribution in [0.15, 0.2) is 48.8 Å². The fourth-order valence-corrected chi connectivity index (χ4v) is 3.96. The van der Waals surface area contributed by atoms with E-state index in [-0.39, 0.29) is 11.9 Å². The van der Waals surface area contributed by atoms with Gasteiger partial charge in [-0.3, -0.25) is 4.79 Å². The van der Waals surface area contributed by atoms with Crippen molar-refractivity contribution >= 4 is 17.9 Å². The molecule has 1 aromatic heterocycles. The summed E-state index contributed by atoms with van der Waals surface area (Å²) in [6.07, 6.45) is 4.82. The van der Waals surface area contributed by atoms with Gasteiger partial charge in [-0.15, -0.1) is 0 Å². The molecule has 1 atom stereocenters. The number of amides is 3. The fourth-order valence-electron chi connectivity index (χ4n) is 3.96. The van der Waals surface area contributed by atoms with Crippen molar-refractivity contribution in [1.82, 2.24) is 20.2 Å². The van der Waals surface area contributed by atoms with Gasteiger partial charge in [-0.2, -0.15) is 0 Å². The van der Waals surface area contributed by atoms with Gasteiger partial charge in [0, 0.05) is 12.4 Å². The number of benzene rings is 1. The number of rotatable bonds is 6. The molecule has 0 unspecified atom stereocenters. The number of hydrogen-bond acceptors (Lipinski definition) is 5. The molecule has 0 radical (unpaired) electrons. The van der Waals surface area contributed by atoms with Gasteiger partial charge in [0.25, 0.3) is 5.91 Å². The van der Waals surface area contributed by atoms with E-state index in [4.69, 9.17) is 0 Å². The number of aryl methyl sites for hydroxylation is 1.